The Morgan fingerprint density at radius 2 is 1.66 bits per heavy atom. The number of ether oxygens (including phenoxy) is 1. The molecule has 0 saturated carbocycles. The number of carbonyl (C=O) groups excluding carboxylic acids is 1. The van der Waals surface area contributed by atoms with Crippen molar-refractivity contribution in [3.05, 3.63) is 101 Å². The number of likely N-dealkylation sites (tertiary alicyclic amines) is 1. The Morgan fingerprint density at radius 3 is 2.39 bits per heavy atom. The van der Waals surface area contributed by atoms with Crippen LogP contribution in [0.25, 0.3) is 21.9 Å². The summed E-state index contributed by atoms with van der Waals surface area (Å²) >= 11 is 0. The summed E-state index contributed by atoms with van der Waals surface area (Å²) in [6.07, 6.45) is 2.56. The molecule has 0 radical (unpaired) electrons. The van der Waals surface area contributed by atoms with E-state index in [1.807, 2.05) is 51.1 Å². The second-order valence-electron chi connectivity index (χ2n) is 11.7. The Hall–Kier alpha value is -3.50. The minimum atomic E-state index is -0.465. The van der Waals surface area contributed by atoms with Crippen LogP contribution in [-0.2, 0) is 0 Å². The van der Waals surface area contributed by atoms with Gasteiger partial charge in [-0.25, -0.2) is 4.39 Å². The molecule has 6 rings (SSSR count). The molecule has 1 fully saturated rings. The first-order valence-electron chi connectivity index (χ1n) is 13.7. The highest BCUT2D eigenvalue weighted by molar-refractivity contribution is 6.02. The maximum Gasteiger partial charge on any atom is 0.168 e. The highest BCUT2D eigenvalue weighted by atomic mass is 19.1. The van der Waals surface area contributed by atoms with Gasteiger partial charge >= 0.3 is 0 Å². The first kappa shape index (κ1) is 24.8. The van der Waals surface area contributed by atoms with E-state index in [0.717, 1.165) is 50.9 Å². The number of rotatable bonds is 6. The van der Waals surface area contributed by atoms with Gasteiger partial charge in [-0.2, -0.15) is 0 Å². The topological polar surface area (TPSA) is 29.5 Å². The van der Waals surface area contributed by atoms with E-state index < -0.39 is 5.41 Å². The molecule has 4 heteroatoms. The van der Waals surface area contributed by atoms with E-state index in [9.17, 15) is 9.18 Å². The molecule has 1 atom stereocenters. The Bertz CT molecular complexity index is 1510. The zero-order valence-corrected chi connectivity index (χ0v) is 22.4. The van der Waals surface area contributed by atoms with Gasteiger partial charge in [-0.3, -0.25) is 9.69 Å². The van der Waals surface area contributed by atoms with Crippen LogP contribution in [0, 0.1) is 11.2 Å². The van der Waals surface area contributed by atoms with Crippen LogP contribution < -0.4 is 4.74 Å². The van der Waals surface area contributed by atoms with E-state index >= 15 is 0 Å². The highest BCUT2D eigenvalue weighted by Gasteiger charge is 2.33. The van der Waals surface area contributed by atoms with Crippen molar-refractivity contribution in [1.29, 1.82) is 0 Å². The standard InChI is InChI=1S/C34H34FNO2/c1-34(2,3)33(37)24-9-13-28-29-14-8-23-20-25(35)10-15-27(23)32(29)31(30(28)21-24)22-6-11-26(12-7-22)38-19-18-36-16-4-5-17-36/h6-15,20-21,31H,4-5,16-19H2,1-3H3. The lowest BCUT2D eigenvalue weighted by atomic mass is 9.83. The van der Waals surface area contributed by atoms with E-state index in [1.165, 1.54) is 37.6 Å². The number of nitrogens with zero attached hydrogens (tertiary/aromatic N) is 1. The van der Waals surface area contributed by atoms with Crippen LogP contribution >= 0.6 is 0 Å². The summed E-state index contributed by atoms with van der Waals surface area (Å²) in [5.74, 6) is 0.699. The maximum atomic E-state index is 14.1. The third-order valence-electron chi connectivity index (χ3n) is 8.00. The molecule has 1 aliphatic heterocycles. The van der Waals surface area contributed by atoms with E-state index in [1.54, 1.807) is 6.07 Å². The molecule has 194 valence electrons. The lowest BCUT2D eigenvalue weighted by molar-refractivity contribution is 0.0858. The smallest absolute Gasteiger partial charge is 0.168 e. The maximum absolute atomic E-state index is 14.1. The Balaban J connectivity index is 1.40. The molecule has 1 aliphatic carbocycles. The first-order valence-corrected chi connectivity index (χ1v) is 13.7. The van der Waals surface area contributed by atoms with Crippen LogP contribution in [0.2, 0.25) is 0 Å². The van der Waals surface area contributed by atoms with Crippen LogP contribution in [0.4, 0.5) is 4.39 Å². The summed E-state index contributed by atoms with van der Waals surface area (Å²) in [5.41, 5.74) is 5.96. The van der Waals surface area contributed by atoms with Crippen LogP contribution in [0.3, 0.4) is 0 Å². The molecule has 0 N–H and O–H groups in total. The lowest BCUT2D eigenvalue weighted by Gasteiger charge is -2.20. The number of hydrogen-bond acceptors (Lipinski definition) is 3. The van der Waals surface area contributed by atoms with E-state index in [2.05, 4.69) is 35.2 Å². The zero-order chi connectivity index (χ0) is 26.4. The van der Waals surface area contributed by atoms with Crippen molar-refractivity contribution in [3.63, 3.8) is 0 Å². The third kappa shape index (κ3) is 4.52. The number of hydrogen-bond donors (Lipinski definition) is 0. The fourth-order valence-electron chi connectivity index (χ4n) is 6.05. The molecule has 1 saturated heterocycles. The molecule has 0 amide bonds. The zero-order valence-electron chi connectivity index (χ0n) is 22.4. The van der Waals surface area contributed by atoms with Gasteiger partial charge < -0.3 is 4.74 Å². The van der Waals surface area contributed by atoms with E-state index in [0.29, 0.717) is 6.61 Å². The van der Waals surface area contributed by atoms with Gasteiger partial charge in [-0.15, -0.1) is 0 Å². The Morgan fingerprint density at radius 1 is 0.921 bits per heavy atom. The second-order valence-corrected chi connectivity index (χ2v) is 11.7. The summed E-state index contributed by atoms with van der Waals surface area (Å²) in [4.78, 5) is 15.7. The molecular formula is C34H34FNO2. The molecule has 38 heavy (non-hydrogen) atoms. The lowest BCUT2D eigenvalue weighted by Crippen LogP contribution is -2.25. The van der Waals surface area contributed by atoms with Gasteiger partial charge in [0, 0.05) is 23.4 Å². The van der Waals surface area contributed by atoms with Crippen molar-refractivity contribution in [2.24, 2.45) is 5.41 Å². The molecule has 3 nitrogen and oxygen atoms in total. The quantitative estimate of drug-likeness (QED) is 0.219. The molecule has 0 aromatic heterocycles. The SMILES string of the molecule is CC(C)(C)C(=O)c1ccc2c(c1)C(c1ccc(OCCN3CCCC3)cc1)c1c-2ccc2cc(F)ccc12. The minimum absolute atomic E-state index is 0.0551. The van der Waals surface area contributed by atoms with Crippen LogP contribution in [-0.4, -0.2) is 36.9 Å². The van der Waals surface area contributed by atoms with Crippen molar-refractivity contribution < 1.29 is 13.9 Å². The molecular weight excluding hydrogens is 473 g/mol. The molecule has 1 unspecified atom stereocenters. The molecule has 4 aromatic rings. The third-order valence-corrected chi connectivity index (χ3v) is 8.00. The van der Waals surface area contributed by atoms with Crippen LogP contribution in [0.5, 0.6) is 5.75 Å². The van der Waals surface area contributed by atoms with Gasteiger partial charge in [-0.1, -0.05) is 63.2 Å². The summed E-state index contributed by atoms with van der Waals surface area (Å²) in [6.45, 7) is 9.85. The number of fused-ring (bicyclic) bond motifs is 5. The molecule has 2 aliphatic rings. The molecule has 1 heterocycles. The summed E-state index contributed by atoms with van der Waals surface area (Å²) in [6, 6.07) is 23.6. The molecule has 0 spiro atoms. The number of halogens is 1. The summed E-state index contributed by atoms with van der Waals surface area (Å²) < 4.78 is 20.2. The van der Waals surface area contributed by atoms with Crippen LogP contribution in [0.15, 0.2) is 72.8 Å². The van der Waals surface area contributed by atoms with Gasteiger partial charge in [0.25, 0.3) is 0 Å². The second kappa shape index (κ2) is 9.67. The average molecular weight is 508 g/mol. The Kier molecular flexibility index (Phi) is 6.31. The number of carbonyl (C=O) groups is 1. The van der Waals surface area contributed by atoms with E-state index in [4.69, 9.17) is 4.74 Å². The monoisotopic (exact) mass is 507 g/mol. The highest BCUT2D eigenvalue weighted by Crippen LogP contribution is 2.51. The van der Waals surface area contributed by atoms with Crippen molar-refractivity contribution in [1.82, 2.24) is 4.90 Å². The predicted octanol–water partition coefficient (Wildman–Crippen LogP) is 7.84. The van der Waals surface area contributed by atoms with Gasteiger partial charge in [0.1, 0.15) is 18.2 Å². The van der Waals surface area contributed by atoms with Gasteiger partial charge in [-0.05, 0) is 94.9 Å². The van der Waals surface area contributed by atoms with Crippen molar-refractivity contribution in [3.8, 4) is 16.9 Å². The van der Waals surface area contributed by atoms with Crippen LogP contribution in [0.1, 0.15) is 66.6 Å². The summed E-state index contributed by atoms with van der Waals surface area (Å²) in [5, 5.41) is 1.93. The van der Waals surface area contributed by atoms with E-state index in [-0.39, 0.29) is 17.5 Å². The van der Waals surface area contributed by atoms with Gasteiger partial charge in [0.15, 0.2) is 5.78 Å². The first-order chi connectivity index (χ1) is 18.3. The molecule has 0 bridgehead atoms. The largest absolute Gasteiger partial charge is 0.492 e. The van der Waals surface area contributed by atoms with Crippen molar-refractivity contribution >= 4 is 16.6 Å². The normalized spacial score (nSPS) is 17.0. The predicted molar refractivity (Wildman–Crippen MR) is 152 cm³/mol. The summed E-state index contributed by atoms with van der Waals surface area (Å²) in [7, 11) is 0. The van der Waals surface area contributed by atoms with Gasteiger partial charge in [0.05, 0.1) is 0 Å². The van der Waals surface area contributed by atoms with Crippen molar-refractivity contribution in [2.45, 2.75) is 39.5 Å². The minimum Gasteiger partial charge on any atom is -0.492 e. The average Bonchev–Trinajstić information content (AvgIpc) is 3.53. The molecule has 4 aromatic carbocycles. The number of Topliss-reactive ketones (excluding diaryl/α,β-unsaturated/α-hetero) is 1. The number of ketones is 1. The van der Waals surface area contributed by atoms with Crippen molar-refractivity contribution in [2.75, 3.05) is 26.2 Å². The fraction of sp³-hybridized carbons (Fsp3) is 0.324. The number of benzene rings is 4. The fourth-order valence-corrected chi connectivity index (χ4v) is 6.05. The Labute approximate surface area is 224 Å². The van der Waals surface area contributed by atoms with Gasteiger partial charge in [0.2, 0.25) is 0 Å².